The van der Waals surface area contributed by atoms with Gasteiger partial charge < -0.3 is 0 Å². The van der Waals surface area contributed by atoms with Gasteiger partial charge in [0, 0.05) is 18.3 Å². The Labute approximate surface area is 77.6 Å². The molecule has 0 radical (unpaired) electrons. The summed E-state index contributed by atoms with van der Waals surface area (Å²) < 4.78 is 1.14. The maximum atomic E-state index is 11.3. The van der Waals surface area contributed by atoms with Crippen molar-refractivity contribution in [2.24, 2.45) is 0 Å². The van der Waals surface area contributed by atoms with Gasteiger partial charge in [-0.1, -0.05) is 0 Å². The van der Waals surface area contributed by atoms with Crippen molar-refractivity contribution >= 4 is 11.3 Å². The zero-order valence-electron chi connectivity index (χ0n) is 6.95. The highest BCUT2D eigenvalue weighted by molar-refractivity contribution is 5.43. The molecule has 0 aromatic carbocycles. The molecule has 14 heavy (non-hydrogen) atoms. The van der Waals surface area contributed by atoms with Gasteiger partial charge in [0.1, 0.15) is 5.65 Å². The van der Waals surface area contributed by atoms with Gasteiger partial charge in [-0.2, -0.15) is 0 Å². The van der Waals surface area contributed by atoms with Crippen LogP contribution in [0.1, 0.15) is 0 Å². The van der Waals surface area contributed by atoms with Gasteiger partial charge in [-0.15, -0.1) is 0 Å². The zero-order valence-corrected chi connectivity index (χ0v) is 6.95. The second kappa shape index (κ2) is 2.91. The molecule has 6 heteroatoms. The molecular formula is C8H5N3O3. The van der Waals surface area contributed by atoms with Crippen LogP contribution >= 0.6 is 0 Å². The topological polar surface area (TPSA) is 77.5 Å². The number of nitrogens with zero attached hydrogens (tertiary/aromatic N) is 3. The van der Waals surface area contributed by atoms with Gasteiger partial charge in [-0.25, -0.2) is 4.98 Å². The molecule has 0 bridgehead atoms. The van der Waals surface area contributed by atoms with Gasteiger partial charge in [-0.3, -0.25) is 19.3 Å². The molecule has 0 amide bonds. The Morgan fingerprint density at radius 2 is 2.14 bits per heavy atom. The van der Waals surface area contributed by atoms with E-state index in [9.17, 15) is 14.9 Å². The molecule has 0 N–H and O–H groups in total. The van der Waals surface area contributed by atoms with E-state index in [0.29, 0.717) is 5.65 Å². The molecule has 2 aromatic heterocycles. The first kappa shape index (κ1) is 8.36. The minimum Gasteiger partial charge on any atom is -0.269 e. The molecular weight excluding hydrogens is 186 g/mol. The van der Waals surface area contributed by atoms with Crippen LogP contribution in [0.5, 0.6) is 0 Å². The summed E-state index contributed by atoms with van der Waals surface area (Å²) in [6.07, 6.45) is 2.52. The third-order valence-electron chi connectivity index (χ3n) is 1.78. The van der Waals surface area contributed by atoms with Crippen LogP contribution in [0.25, 0.3) is 5.65 Å². The van der Waals surface area contributed by atoms with Crippen LogP contribution in [0.4, 0.5) is 5.69 Å². The lowest BCUT2D eigenvalue weighted by molar-refractivity contribution is -0.385. The minimum atomic E-state index is -0.557. The number of hydrogen-bond donors (Lipinski definition) is 0. The summed E-state index contributed by atoms with van der Waals surface area (Å²) in [4.78, 5) is 25.0. The minimum absolute atomic E-state index is 0.132. The van der Waals surface area contributed by atoms with Crippen molar-refractivity contribution in [2.45, 2.75) is 0 Å². The molecule has 0 atom stereocenters. The molecule has 6 nitrogen and oxygen atoms in total. The van der Waals surface area contributed by atoms with Crippen molar-refractivity contribution in [3.05, 3.63) is 51.1 Å². The predicted molar refractivity (Wildman–Crippen MR) is 48.1 cm³/mol. The van der Waals surface area contributed by atoms with Crippen molar-refractivity contribution in [1.29, 1.82) is 0 Å². The standard InChI is InChI=1S/C8H5N3O3/c12-8-3-4-9-7-2-1-6(11(13)14)5-10(7)8/h1-5H. The fourth-order valence-corrected chi connectivity index (χ4v) is 1.13. The van der Waals surface area contributed by atoms with E-state index in [1.54, 1.807) is 0 Å². The first-order valence-electron chi connectivity index (χ1n) is 3.80. The molecule has 2 aromatic rings. The van der Waals surface area contributed by atoms with Crippen LogP contribution < -0.4 is 5.56 Å². The van der Waals surface area contributed by atoms with Crippen molar-refractivity contribution in [1.82, 2.24) is 9.38 Å². The van der Waals surface area contributed by atoms with Crippen molar-refractivity contribution < 1.29 is 4.92 Å². The Morgan fingerprint density at radius 3 is 2.86 bits per heavy atom. The lowest BCUT2D eigenvalue weighted by atomic mass is 10.4. The average molecular weight is 191 g/mol. The van der Waals surface area contributed by atoms with E-state index >= 15 is 0 Å². The molecule has 70 valence electrons. The Balaban J connectivity index is 2.83. The largest absolute Gasteiger partial charge is 0.286 e. The monoisotopic (exact) mass is 191 g/mol. The second-order valence-electron chi connectivity index (χ2n) is 2.66. The van der Waals surface area contributed by atoms with Gasteiger partial charge in [0.25, 0.3) is 11.2 Å². The first-order chi connectivity index (χ1) is 6.68. The van der Waals surface area contributed by atoms with E-state index in [-0.39, 0.29) is 11.2 Å². The van der Waals surface area contributed by atoms with Crippen LogP contribution in [0.2, 0.25) is 0 Å². The quantitative estimate of drug-likeness (QED) is 0.488. The molecule has 0 unspecified atom stereocenters. The third-order valence-corrected chi connectivity index (χ3v) is 1.78. The van der Waals surface area contributed by atoms with E-state index in [1.807, 2.05) is 0 Å². The summed E-state index contributed by atoms with van der Waals surface area (Å²) in [7, 11) is 0. The lowest BCUT2D eigenvalue weighted by Crippen LogP contribution is -2.12. The Bertz CT molecular complexity index is 561. The van der Waals surface area contributed by atoms with E-state index < -0.39 is 4.92 Å². The molecule has 0 saturated carbocycles. The summed E-state index contributed by atoms with van der Waals surface area (Å²) >= 11 is 0. The van der Waals surface area contributed by atoms with Gasteiger partial charge in [0.2, 0.25) is 0 Å². The highest BCUT2D eigenvalue weighted by Gasteiger charge is 2.06. The maximum Gasteiger partial charge on any atom is 0.286 e. The normalized spacial score (nSPS) is 10.3. The summed E-state index contributed by atoms with van der Waals surface area (Å²) in [6, 6.07) is 3.98. The maximum absolute atomic E-state index is 11.3. The predicted octanol–water partition coefficient (Wildman–Crippen LogP) is 0.603. The van der Waals surface area contributed by atoms with Crippen molar-refractivity contribution in [3.63, 3.8) is 0 Å². The highest BCUT2D eigenvalue weighted by atomic mass is 16.6. The van der Waals surface area contributed by atoms with E-state index in [1.165, 1.54) is 24.4 Å². The number of hydrogen-bond acceptors (Lipinski definition) is 4. The number of rotatable bonds is 1. The van der Waals surface area contributed by atoms with Gasteiger partial charge >= 0.3 is 0 Å². The van der Waals surface area contributed by atoms with E-state index in [4.69, 9.17) is 0 Å². The van der Waals surface area contributed by atoms with Gasteiger partial charge in [0.15, 0.2) is 0 Å². The SMILES string of the molecule is O=c1ccnc2ccc([N+](=O)[O-])cn12. The molecule has 0 aliphatic rings. The first-order valence-corrected chi connectivity index (χ1v) is 3.80. The van der Waals surface area contributed by atoms with E-state index in [2.05, 4.69) is 4.98 Å². The molecule has 0 aliphatic carbocycles. The van der Waals surface area contributed by atoms with Crippen LogP contribution in [0.15, 0.2) is 35.4 Å². The summed E-state index contributed by atoms with van der Waals surface area (Å²) in [5.41, 5.74) is -0.0746. The Morgan fingerprint density at radius 1 is 1.36 bits per heavy atom. The number of aromatic nitrogens is 2. The van der Waals surface area contributed by atoms with Crippen molar-refractivity contribution in [3.8, 4) is 0 Å². The van der Waals surface area contributed by atoms with Crippen LogP contribution in [0.3, 0.4) is 0 Å². The van der Waals surface area contributed by atoms with E-state index in [0.717, 1.165) is 10.6 Å². The number of nitro groups is 1. The molecule has 0 fully saturated rings. The third kappa shape index (κ3) is 1.22. The van der Waals surface area contributed by atoms with Crippen molar-refractivity contribution in [2.75, 3.05) is 0 Å². The summed E-state index contributed by atoms with van der Waals surface area (Å²) in [5, 5.41) is 10.4. The zero-order chi connectivity index (χ0) is 10.1. The van der Waals surface area contributed by atoms with Crippen LogP contribution in [-0.4, -0.2) is 14.3 Å². The lowest BCUT2D eigenvalue weighted by Gasteiger charge is -1.97. The number of pyridine rings is 1. The van der Waals surface area contributed by atoms with Gasteiger partial charge in [0.05, 0.1) is 11.1 Å². The average Bonchev–Trinajstić information content (AvgIpc) is 2.18. The molecule has 0 saturated heterocycles. The molecule has 0 aliphatic heterocycles. The molecule has 2 rings (SSSR count). The summed E-state index contributed by atoms with van der Waals surface area (Å²) in [5.74, 6) is 0. The summed E-state index contributed by atoms with van der Waals surface area (Å²) in [6.45, 7) is 0. The number of fused-ring (bicyclic) bond motifs is 1. The smallest absolute Gasteiger partial charge is 0.269 e. The fourth-order valence-electron chi connectivity index (χ4n) is 1.13. The molecule has 0 spiro atoms. The Kier molecular flexibility index (Phi) is 1.74. The van der Waals surface area contributed by atoms with Crippen LogP contribution in [0, 0.1) is 10.1 Å². The van der Waals surface area contributed by atoms with Crippen LogP contribution in [-0.2, 0) is 0 Å². The fraction of sp³-hybridized carbons (Fsp3) is 0. The molecule has 2 heterocycles. The van der Waals surface area contributed by atoms with Gasteiger partial charge in [-0.05, 0) is 6.07 Å². The Hall–Kier alpha value is -2.24. The second-order valence-corrected chi connectivity index (χ2v) is 2.66. The highest BCUT2D eigenvalue weighted by Crippen LogP contribution is 2.09.